The molecule has 1 unspecified atom stereocenters. The predicted octanol–water partition coefficient (Wildman–Crippen LogP) is 12.0. The number of unbranched alkanes of at least 4 members (excludes halogenated alkanes) is 22. The summed E-state index contributed by atoms with van der Waals surface area (Å²) in [6.07, 6.45) is 33.4. The van der Waals surface area contributed by atoms with Gasteiger partial charge in [-0.1, -0.05) is 182 Å². The molecule has 2 heteroatoms. The van der Waals surface area contributed by atoms with Gasteiger partial charge in [0.25, 0.3) is 0 Å². The highest BCUT2D eigenvalue weighted by atomic mass is 16.5. The van der Waals surface area contributed by atoms with E-state index in [0.29, 0.717) is 6.61 Å². The van der Waals surface area contributed by atoms with Gasteiger partial charge in [0, 0.05) is 0 Å². The van der Waals surface area contributed by atoms with Gasteiger partial charge in [0.1, 0.15) is 0 Å². The van der Waals surface area contributed by atoms with Crippen LogP contribution in [0.15, 0.2) is 0 Å². The summed E-state index contributed by atoms with van der Waals surface area (Å²) >= 11 is 0. The van der Waals surface area contributed by atoms with Crippen molar-refractivity contribution >= 4 is 5.97 Å². The van der Waals surface area contributed by atoms with Crippen molar-refractivity contribution in [3.63, 3.8) is 0 Å². The van der Waals surface area contributed by atoms with E-state index >= 15 is 0 Å². The average molecular weight is 509 g/mol. The van der Waals surface area contributed by atoms with Crippen molar-refractivity contribution in [3.05, 3.63) is 0 Å². The number of hydrogen-bond donors (Lipinski definition) is 0. The number of carbonyl (C=O) groups excluding carboxylic acids is 1. The van der Waals surface area contributed by atoms with Crippen molar-refractivity contribution < 1.29 is 9.53 Å². The molecule has 0 aliphatic carbocycles. The molecule has 0 heterocycles. The van der Waals surface area contributed by atoms with E-state index in [2.05, 4.69) is 34.6 Å². The lowest BCUT2D eigenvalue weighted by Gasteiger charge is -2.29. The van der Waals surface area contributed by atoms with Gasteiger partial charge in [-0.3, -0.25) is 4.79 Å². The molecule has 0 saturated carbocycles. The van der Waals surface area contributed by atoms with Gasteiger partial charge in [-0.2, -0.15) is 0 Å². The minimum absolute atomic E-state index is 0.00853. The summed E-state index contributed by atoms with van der Waals surface area (Å²) in [4.78, 5) is 12.8. The molecule has 0 radical (unpaired) electrons. The molecule has 0 rings (SSSR count). The third-order valence-electron chi connectivity index (χ3n) is 7.92. The Labute approximate surface area is 228 Å². The van der Waals surface area contributed by atoms with E-state index < -0.39 is 0 Å². The first kappa shape index (κ1) is 35.5. The minimum Gasteiger partial charge on any atom is -0.465 e. The highest BCUT2D eigenvalue weighted by Gasteiger charge is 2.31. The van der Waals surface area contributed by atoms with Crippen LogP contribution in [0.4, 0.5) is 0 Å². The molecule has 0 aromatic carbocycles. The number of ether oxygens (including phenoxy) is 1. The zero-order valence-corrected chi connectivity index (χ0v) is 25.8. The van der Waals surface area contributed by atoms with Gasteiger partial charge < -0.3 is 4.74 Å². The Kier molecular flexibility index (Phi) is 25.7. The van der Waals surface area contributed by atoms with E-state index in [0.717, 1.165) is 19.3 Å². The number of esters is 1. The molecule has 0 aliphatic heterocycles. The summed E-state index contributed by atoms with van der Waals surface area (Å²) in [6.45, 7) is 11.8. The van der Waals surface area contributed by atoms with E-state index in [1.54, 1.807) is 0 Å². The highest BCUT2D eigenvalue weighted by molar-refractivity contribution is 5.73. The predicted molar refractivity (Wildman–Crippen MR) is 161 cm³/mol. The fraction of sp³-hybridized carbons (Fsp3) is 0.971. The third-order valence-corrected chi connectivity index (χ3v) is 7.92. The molecule has 0 fully saturated rings. The van der Waals surface area contributed by atoms with Crippen LogP contribution in [0.2, 0.25) is 0 Å². The van der Waals surface area contributed by atoms with Crippen LogP contribution in [-0.2, 0) is 9.53 Å². The van der Waals surface area contributed by atoms with Gasteiger partial charge in [0.15, 0.2) is 0 Å². The monoisotopic (exact) mass is 509 g/mol. The topological polar surface area (TPSA) is 26.3 Å². The first-order valence-corrected chi connectivity index (χ1v) is 16.6. The molecule has 0 aliphatic rings. The maximum atomic E-state index is 12.8. The molecule has 0 aromatic heterocycles. The normalized spacial score (nSPS) is 12.7. The molecule has 0 amide bonds. The van der Waals surface area contributed by atoms with Crippen molar-refractivity contribution in [3.8, 4) is 0 Å². The Morgan fingerprint density at radius 1 is 0.500 bits per heavy atom. The van der Waals surface area contributed by atoms with E-state index in [1.165, 1.54) is 141 Å². The first-order chi connectivity index (χ1) is 17.4. The van der Waals surface area contributed by atoms with Gasteiger partial charge >= 0.3 is 5.97 Å². The summed E-state index contributed by atoms with van der Waals surface area (Å²) in [5.41, 5.74) is -0.00853. The Bertz CT molecular complexity index is 451. The molecule has 1 atom stereocenters. The number of carbonyl (C=O) groups is 1. The summed E-state index contributed by atoms with van der Waals surface area (Å²) in [6, 6.07) is 0. The molecule has 0 aromatic rings. The van der Waals surface area contributed by atoms with E-state index in [-0.39, 0.29) is 17.3 Å². The van der Waals surface area contributed by atoms with Crippen molar-refractivity contribution in [1.29, 1.82) is 0 Å². The largest absolute Gasteiger partial charge is 0.465 e. The van der Waals surface area contributed by atoms with Crippen LogP contribution in [-0.4, -0.2) is 12.6 Å². The van der Waals surface area contributed by atoms with Crippen LogP contribution in [0.1, 0.15) is 195 Å². The van der Waals surface area contributed by atoms with Gasteiger partial charge in [-0.15, -0.1) is 0 Å². The summed E-state index contributed by atoms with van der Waals surface area (Å²) in [5, 5.41) is 0. The molecule has 2 nitrogen and oxygen atoms in total. The fourth-order valence-electron chi connectivity index (χ4n) is 5.31. The first-order valence-electron chi connectivity index (χ1n) is 16.6. The van der Waals surface area contributed by atoms with Crippen LogP contribution in [0, 0.1) is 11.3 Å². The Balaban J connectivity index is 3.71. The second-order valence-corrected chi connectivity index (χ2v) is 12.7. The zero-order valence-electron chi connectivity index (χ0n) is 25.8. The van der Waals surface area contributed by atoms with Gasteiger partial charge in [-0.25, -0.2) is 0 Å². The van der Waals surface area contributed by atoms with Crippen LogP contribution >= 0.6 is 0 Å². The van der Waals surface area contributed by atoms with Crippen molar-refractivity contribution in [2.75, 3.05) is 6.61 Å². The quantitative estimate of drug-likeness (QED) is 0.0814. The molecule has 0 spiro atoms. The Morgan fingerprint density at radius 3 is 1.14 bits per heavy atom. The van der Waals surface area contributed by atoms with Gasteiger partial charge in [-0.05, 0) is 18.3 Å². The van der Waals surface area contributed by atoms with Crippen molar-refractivity contribution in [2.24, 2.45) is 11.3 Å². The van der Waals surface area contributed by atoms with E-state index in [1.807, 2.05) is 0 Å². The third kappa shape index (κ3) is 23.8. The van der Waals surface area contributed by atoms with Crippen LogP contribution in [0.5, 0.6) is 0 Å². The summed E-state index contributed by atoms with van der Waals surface area (Å²) < 4.78 is 5.74. The molecule has 0 N–H and O–H groups in total. The lowest BCUT2D eigenvalue weighted by Crippen LogP contribution is -2.30. The van der Waals surface area contributed by atoms with Gasteiger partial charge in [0.2, 0.25) is 0 Å². The maximum absolute atomic E-state index is 12.8. The molecular weight excluding hydrogens is 440 g/mol. The van der Waals surface area contributed by atoms with Crippen LogP contribution in [0.25, 0.3) is 0 Å². The molecule has 216 valence electrons. The SMILES string of the molecule is CCCCCCCCCCCCCCOC(=O)C(CCCCCCCCCCCCCC)C(C)(C)C. The Hall–Kier alpha value is -0.530. The Morgan fingerprint density at radius 2 is 0.806 bits per heavy atom. The van der Waals surface area contributed by atoms with Crippen LogP contribution in [0.3, 0.4) is 0 Å². The lowest BCUT2D eigenvalue weighted by molar-refractivity contribution is -0.153. The minimum atomic E-state index is -0.00853. The zero-order chi connectivity index (χ0) is 26.7. The second kappa shape index (κ2) is 26.1. The molecule has 0 bridgehead atoms. The van der Waals surface area contributed by atoms with Gasteiger partial charge in [0.05, 0.1) is 12.5 Å². The molecular formula is C34H68O2. The van der Waals surface area contributed by atoms with Crippen molar-refractivity contribution in [1.82, 2.24) is 0 Å². The van der Waals surface area contributed by atoms with Crippen molar-refractivity contribution in [2.45, 2.75) is 195 Å². The standard InChI is InChI=1S/C34H68O2/c1-6-8-10-12-14-16-18-20-22-24-26-28-30-32(34(3,4)5)33(35)36-31-29-27-25-23-21-19-17-15-13-11-9-7-2/h32H,6-31H2,1-5H3. The lowest BCUT2D eigenvalue weighted by atomic mass is 9.77. The number of hydrogen-bond acceptors (Lipinski definition) is 2. The van der Waals surface area contributed by atoms with Crippen LogP contribution < -0.4 is 0 Å². The second-order valence-electron chi connectivity index (χ2n) is 12.7. The smallest absolute Gasteiger partial charge is 0.309 e. The fourth-order valence-corrected chi connectivity index (χ4v) is 5.31. The maximum Gasteiger partial charge on any atom is 0.309 e. The van der Waals surface area contributed by atoms with E-state index in [4.69, 9.17) is 4.74 Å². The molecule has 36 heavy (non-hydrogen) atoms. The summed E-state index contributed by atoms with van der Waals surface area (Å²) in [5.74, 6) is 0.0894. The average Bonchev–Trinajstić information content (AvgIpc) is 2.84. The highest BCUT2D eigenvalue weighted by Crippen LogP contribution is 2.32. The molecule has 0 saturated heterocycles. The number of rotatable bonds is 27. The van der Waals surface area contributed by atoms with E-state index in [9.17, 15) is 4.79 Å². The summed E-state index contributed by atoms with van der Waals surface area (Å²) in [7, 11) is 0.